The van der Waals surface area contributed by atoms with Crippen molar-refractivity contribution in [3.8, 4) is 0 Å². The smallest absolute Gasteiger partial charge is 0.235 e. The van der Waals surface area contributed by atoms with Crippen molar-refractivity contribution in [3.05, 3.63) is 26.2 Å². The summed E-state index contributed by atoms with van der Waals surface area (Å²) in [6.45, 7) is 0.597. The summed E-state index contributed by atoms with van der Waals surface area (Å²) in [6, 6.07) is 5.59. The Kier molecular flexibility index (Phi) is 3.27. The minimum atomic E-state index is -3.06. The Hall–Kier alpha value is 0.180. The third-order valence-electron chi connectivity index (χ3n) is 2.29. The van der Waals surface area contributed by atoms with E-state index < -0.39 is 10.0 Å². The van der Waals surface area contributed by atoms with Gasteiger partial charge in [0.05, 0.1) is 11.4 Å². The van der Waals surface area contributed by atoms with E-state index >= 15 is 0 Å². The van der Waals surface area contributed by atoms with Crippen LogP contribution >= 0.6 is 38.5 Å². The van der Waals surface area contributed by atoms with Crippen LogP contribution in [0.3, 0.4) is 0 Å². The Morgan fingerprint density at radius 2 is 2.13 bits per heavy atom. The maximum Gasteiger partial charge on any atom is 0.235 e. The first-order valence-electron chi connectivity index (χ1n) is 4.46. The number of hydrogen-bond donors (Lipinski definition) is 0. The molecule has 1 aromatic carbocycles. The molecule has 3 nitrogen and oxygen atoms in total. The zero-order valence-electron chi connectivity index (χ0n) is 7.78. The van der Waals surface area contributed by atoms with Crippen LogP contribution in [-0.2, 0) is 10.0 Å². The summed E-state index contributed by atoms with van der Waals surface area (Å²) in [5, 5.41) is 0. The molecular formula is C9H9BrINO2S. The van der Waals surface area contributed by atoms with Gasteiger partial charge in [-0.1, -0.05) is 0 Å². The van der Waals surface area contributed by atoms with Crippen LogP contribution in [0.2, 0.25) is 0 Å². The van der Waals surface area contributed by atoms with Gasteiger partial charge in [-0.2, -0.15) is 0 Å². The summed E-state index contributed by atoms with van der Waals surface area (Å²) >= 11 is 5.57. The summed E-state index contributed by atoms with van der Waals surface area (Å²) < 4.78 is 26.8. The average Bonchev–Trinajstić information content (AvgIpc) is 2.50. The van der Waals surface area contributed by atoms with E-state index in [-0.39, 0.29) is 5.75 Å². The molecule has 1 aromatic rings. The third-order valence-corrected chi connectivity index (χ3v) is 6.49. The predicted octanol–water partition coefficient (Wildman–Crippen LogP) is 2.59. The normalized spacial score (nSPS) is 19.5. The standard InChI is InChI=1S/C9H9BrINO2S/c10-8-3-2-7(6-9(8)11)12-4-1-5-15(12,13)14/h2-3,6H,1,4-5H2. The average molecular weight is 402 g/mol. The van der Waals surface area contributed by atoms with Gasteiger partial charge in [0.25, 0.3) is 0 Å². The fourth-order valence-corrected chi connectivity index (χ4v) is 3.87. The Bertz CT molecular complexity index is 489. The number of benzene rings is 1. The van der Waals surface area contributed by atoms with Crippen molar-refractivity contribution in [2.24, 2.45) is 0 Å². The van der Waals surface area contributed by atoms with Crippen molar-refractivity contribution >= 4 is 54.2 Å². The van der Waals surface area contributed by atoms with E-state index in [1.807, 2.05) is 18.2 Å². The predicted molar refractivity (Wildman–Crippen MR) is 72.6 cm³/mol. The second-order valence-electron chi connectivity index (χ2n) is 3.34. The summed E-state index contributed by atoms with van der Waals surface area (Å²) in [5.41, 5.74) is 0.764. The quantitative estimate of drug-likeness (QED) is 0.678. The van der Waals surface area contributed by atoms with Crippen molar-refractivity contribution in [3.63, 3.8) is 0 Å². The van der Waals surface area contributed by atoms with Gasteiger partial charge >= 0.3 is 0 Å². The van der Waals surface area contributed by atoms with Crippen molar-refractivity contribution in [1.82, 2.24) is 0 Å². The highest BCUT2D eigenvalue weighted by Gasteiger charge is 2.28. The molecule has 1 aliphatic rings. The molecule has 0 aromatic heterocycles. The maximum absolute atomic E-state index is 11.7. The second-order valence-corrected chi connectivity index (χ2v) is 7.37. The number of hydrogen-bond acceptors (Lipinski definition) is 2. The lowest BCUT2D eigenvalue weighted by Gasteiger charge is -2.17. The van der Waals surface area contributed by atoms with Crippen LogP contribution in [0.1, 0.15) is 6.42 Å². The van der Waals surface area contributed by atoms with Gasteiger partial charge in [0.1, 0.15) is 0 Å². The first kappa shape index (κ1) is 11.7. The number of nitrogens with zero attached hydrogens (tertiary/aromatic N) is 1. The van der Waals surface area contributed by atoms with Gasteiger partial charge < -0.3 is 0 Å². The van der Waals surface area contributed by atoms with E-state index in [9.17, 15) is 8.42 Å². The topological polar surface area (TPSA) is 37.4 Å². The molecule has 0 bridgehead atoms. The molecule has 1 heterocycles. The Labute approximate surface area is 111 Å². The molecule has 1 saturated heterocycles. The number of anilines is 1. The fraction of sp³-hybridized carbons (Fsp3) is 0.333. The first-order valence-corrected chi connectivity index (χ1v) is 7.94. The summed E-state index contributed by atoms with van der Waals surface area (Å²) in [5.74, 6) is 0.264. The van der Waals surface area contributed by atoms with E-state index in [1.54, 1.807) is 0 Å². The SMILES string of the molecule is O=S1(=O)CCCN1c1ccc(Br)c(I)c1. The van der Waals surface area contributed by atoms with Crippen LogP contribution in [0.5, 0.6) is 0 Å². The van der Waals surface area contributed by atoms with Crippen LogP contribution in [-0.4, -0.2) is 20.7 Å². The van der Waals surface area contributed by atoms with Crippen LogP contribution in [0.15, 0.2) is 22.7 Å². The van der Waals surface area contributed by atoms with Gasteiger partial charge in [0, 0.05) is 14.6 Å². The monoisotopic (exact) mass is 401 g/mol. The minimum absolute atomic E-state index is 0.264. The lowest BCUT2D eigenvalue weighted by atomic mass is 10.3. The van der Waals surface area contributed by atoms with Gasteiger partial charge in [0.2, 0.25) is 10.0 Å². The molecule has 82 valence electrons. The van der Waals surface area contributed by atoms with Crippen LogP contribution in [0.4, 0.5) is 5.69 Å². The molecule has 0 saturated carbocycles. The van der Waals surface area contributed by atoms with E-state index in [2.05, 4.69) is 38.5 Å². The molecule has 15 heavy (non-hydrogen) atoms. The lowest BCUT2D eigenvalue weighted by molar-refractivity contribution is 0.599. The Balaban J connectivity index is 2.42. The highest BCUT2D eigenvalue weighted by molar-refractivity contribution is 14.1. The summed E-state index contributed by atoms with van der Waals surface area (Å²) in [4.78, 5) is 0. The molecule has 0 amide bonds. The van der Waals surface area contributed by atoms with Crippen molar-refractivity contribution in [1.29, 1.82) is 0 Å². The van der Waals surface area contributed by atoms with E-state index in [0.29, 0.717) is 6.54 Å². The van der Waals surface area contributed by atoms with Crippen molar-refractivity contribution < 1.29 is 8.42 Å². The van der Waals surface area contributed by atoms with Gasteiger partial charge in [-0.15, -0.1) is 0 Å². The van der Waals surface area contributed by atoms with Gasteiger partial charge in [-0.3, -0.25) is 4.31 Å². The van der Waals surface area contributed by atoms with Gasteiger partial charge in [-0.05, 0) is 63.1 Å². The molecule has 0 unspecified atom stereocenters. The summed E-state index contributed by atoms with van der Waals surface area (Å²) in [6.07, 6.45) is 0.717. The maximum atomic E-state index is 11.7. The van der Waals surface area contributed by atoms with E-state index in [4.69, 9.17) is 0 Å². The Morgan fingerprint density at radius 1 is 1.40 bits per heavy atom. The van der Waals surface area contributed by atoms with Gasteiger partial charge in [-0.25, -0.2) is 8.42 Å². The molecule has 6 heteroatoms. The zero-order valence-corrected chi connectivity index (χ0v) is 12.3. The number of rotatable bonds is 1. The third kappa shape index (κ3) is 2.31. The Morgan fingerprint density at radius 3 is 2.67 bits per heavy atom. The fourth-order valence-electron chi connectivity index (χ4n) is 1.57. The molecular weight excluding hydrogens is 393 g/mol. The van der Waals surface area contributed by atoms with Crippen LogP contribution in [0, 0.1) is 3.57 Å². The first-order chi connectivity index (χ1) is 7.00. The molecule has 1 fully saturated rings. The van der Waals surface area contributed by atoms with Crippen LogP contribution in [0.25, 0.3) is 0 Å². The number of sulfonamides is 1. The molecule has 0 radical (unpaired) electrons. The molecule has 0 atom stereocenters. The highest BCUT2D eigenvalue weighted by atomic mass is 127. The summed E-state index contributed by atoms with van der Waals surface area (Å²) in [7, 11) is -3.06. The molecule has 2 rings (SSSR count). The van der Waals surface area contributed by atoms with Crippen molar-refractivity contribution in [2.45, 2.75) is 6.42 Å². The largest absolute Gasteiger partial charge is 0.270 e. The van der Waals surface area contributed by atoms with Gasteiger partial charge in [0.15, 0.2) is 0 Å². The number of halogens is 2. The lowest BCUT2D eigenvalue weighted by Crippen LogP contribution is -2.25. The van der Waals surface area contributed by atoms with E-state index in [1.165, 1.54) is 4.31 Å². The molecule has 0 spiro atoms. The van der Waals surface area contributed by atoms with E-state index in [0.717, 1.165) is 20.2 Å². The second kappa shape index (κ2) is 4.21. The molecule has 0 N–H and O–H groups in total. The highest BCUT2D eigenvalue weighted by Crippen LogP contribution is 2.28. The van der Waals surface area contributed by atoms with Crippen molar-refractivity contribution in [2.75, 3.05) is 16.6 Å². The molecule has 1 aliphatic heterocycles. The van der Waals surface area contributed by atoms with Crippen LogP contribution < -0.4 is 4.31 Å². The minimum Gasteiger partial charge on any atom is -0.270 e. The zero-order chi connectivity index (χ0) is 11.1. The molecule has 0 aliphatic carbocycles.